The van der Waals surface area contributed by atoms with Crippen molar-refractivity contribution in [2.75, 3.05) is 0 Å². The zero-order valence-electron chi connectivity index (χ0n) is 9.25. The number of aromatic nitrogens is 2. The highest BCUT2D eigenvalue weighted by atomic mass is 79.9. The number of sulfone groups is 1. The first kappa shape index (κ1) is 13.1. The summed E-state index contributed by atoms with van der Waals surface area (Å²) < 4.78 is 25.0. The normalized spacial score (nSPS) is 11.4. The summed E-state index contributed by atoms with van der Waals surface area (Å²) in [6.07, 6.45) is 0. The zero-order valence-corrected chi connectivity index (χ0v) is 11.6. The van der Waals surface area contributed by atoms with Gasteiger partial charge in [0.25, 0.3) is 0 Å². The number of hydrogen-bond acceptors (Lipinski definition) is 5. The van der Waals surface area contributed by atoms with Crippen LogP contribution in [0.5, 0.6) is 0 Å². The molecule has 1 heterocycles. The van der Waals surface area contributed by atoms with Crippen molar-refractivity contribution in [2.45, 2.75) is 16.5 Å². The zero-order chi connectivity index (χ0) is 13.2. The van der Waals surface area contributed by atoms with E-state index < -0.39 is 9.84 Å². The predicted molar refractivity (Wildman–Crippen MR) is 69.5 cm³/mol. The number of rotatable bonds is 3. The van der Waals surface area contributed by atoms with Crippen LogP contribution < -0.4 is 5.73 Å². The van der Waals surface area contributed by atoms with Gasteiger partial charge in [0.15, 0.2) is 5.03 Å². The van der Waals surface area contributed by atoms with Gasteiger partial charge in [0.1, 0.15) is 10.4 Å². The van der Waals surface area contributed by atoms with Crippen molar-refractivity contribution in [1.82, 2.24) is 9.97 Å². The van der Waals surface area contributed by atoms with E-state index >= 15 is 0 Å². The second kappa shape index (κ2) is 5.13. The van der Waals surface area contributed by atoms with Crippen LogP contribution in [0.15, 0.2) is 50.9 Å². The average molecular weight is 328 g/mol. The summed E-state index contributed by atoms with van der Waals surface area (Å²) in [5, 5.41) is -0.0592. The highest BCUT2D eigenvalue weighted by Gasteiger charge is 2.20. The molecule has 1 aromatic carbocycles. The summed E-state index contributed by atoms with van der Waals surface area (Å²) >= 11 is 3.15. The molecule has 2 N–H and O–H groups in total. The molecule has 0 fully saturated rings. The van der Waals surface area contributed by atoms with E-state index in [9.17, 15) is 8.42 Å². The second-order valence-electron chi connectivity index (χ2n) is 3.47. The fraction of sp³-hybridized carbons (Fsp3) is 0.0909. The molecule has 0 unspecified atom stereocenters. The van der Waals surface area contributed by atoms with Crippen molar-refractivity contribution in [3.63, 3.8) is 0 Å². The van der Waals surface area contributed by atoms with Crippen molar-refractivity contribution >= 4 is 25.8 Å². The molecule has 0 bridgehead atoms. The SMILES string of the molecule is NCc1nc(Br)cc(S(=O)(=O)c2ccccc2)n1. The van der Waals surface area contributed by atoms with Gasteiger partial charge in [-0.25, -0.2) is 18.4 Å². The van der Waals surface area contributed by atoms with Crippen molar-refractivity contribution in [1.29, 1.82) is 0 Å². The van der Waals surface area contributed by atoms with Gasteiger partial charge in [-0.15, -0.1) is 0 Å². The quantitative estimate of drug-likeness (QED) is 0.864. The lowest BCUT2D eigenvalue weighted by atomic mass is 10.4. The van der Waals surface area contributed by atoms with Gasteiger partial charge in [-0.3, -0.25) is 0 Å². The molecule has 0 saturated heterocycles. The van der Waals surface area contributed by atoms with Crippen LogP contribution in [0.2, 0.25) is 0 Å². The monoisotopic (exact) mass is 327 g/mol. The van der Waals surface area contributed by atoms with Gasteiger partial charge in [-0.2, -0.15) is 0 Å². The Balaban J connectivity index is 2.58. The minimum atomic E-state index is -3.63. The van der Waals surface area contributed by atoms with E-state index in [2.05, 4.69) is 25.9 Å². The number of halogens is 1. The average Bonchev–Trinajstić information content (AvgIpc) is 2.39. The van der Waals surface area contributed by atoms with E-state index in [0.29, 0.717) is 4.60 Å². The smallest absolute Gasteiger partial charge is 0.224 e. The van der Waals surface area contributed by atoms with Gasteiger partial charge in [0, 0.05) is 6.07 Å². The first-order chi connectivity index (χ1) is 8.54. The van der Waals surface area contributed by atoms with Crippen LogP contribution in [-0.2, 0) is 16.4 Å². The number of nitrogens with zero attached hydrogens (tertiary/aromatic N) is 2. The Morgan fingerprint density at radius 3 is 2.44 bits per heavy atom. The lowest BCUT2D eigenvalue weighted by Gasteiger charge is -2.05. The predicted octanol–water partition coefficient (Wildman–Crippen LogP) is 1.53. The lowest BCUT2D eigenvalue weighted by Crippen LogP contribution is -2.10. The van der Waals surface area contributed by atoms with Gasteiger partial charge in [-0.05, 0) is 28.1 Å². The van der Waals surface area contributed by atoms with E-state index in [4.69, 9.17) is 5.73 Å². The molecule has 94 valence electrons. The van der Waals surface area contributed by atoms with Crippen molar-refractivity contribution in [3.8, 4) is 0 Å². The Bertz CT molecular complexity index is 659. The van der Waals surface area contributed by atoms with Gasteiger partial charge < -0.3 is 5.73 Å². The standard InChI is InChI=1S/C11H10BrN3O2S/c12-9-6-11(15-10(7-13)14-9)18(16,17)8-4-2-1-3-5-8/h1-6H,7,13H2. The Morgan fingerprint density at radius 2 is 1.83 bits per heavy atom. The minimum Gasteiger partial charge on any atom is -0.324 e. The van der Waals surface area contributed by atoms with E-state index in [-0.39, 0.29) is 22.3 Å². The van der Waals surface area contributed by atoms with Crippen molar-refractivity contribution in [3.05, 3.63) is 46.8 Å². The fourth-order valence-electron chi connectivity index (χ4n) is 1.39. The maximum absolute atomic E-state index is 12.3. The van der Waals surface area contributed by atoms with Gasteiger partial charge in [0.2, 0.25) is 9.84 Å². The van der Waals surface area contributed by atoms with Gasteiger partial charge in [-0.1, -0.05) is 18.2 Å². The van der Waals surface area contributed by atoms with Crippen LogP contribution in [0.1, 0.15) is 5.82 Å². The Hall–Kier alpha value is -1.31. The van der Waals surface area contributed by atoms with Crippen LogP contribution in [-0.4, -0.2) is 18.4 Å². The molecule has 0 aliphatic heterocycles. The topological polar surface area (TPSA) is 85.9 Å². The molecule has 0 saturated carbocycles. The first-order valence-corrected chi connectivity index (χ1v) is 7.35. The lowest BCUT2D eigenvalue weighted by molar-refractivity contribution is 0.590. The van der Waals surface area contributed by atoms with Crippen molar-refractivity contribution in [2.24, 2.45) is 5.73 Å². The minimum absolute atomic E-state index is 0.0592. The third kappa shape index (κ3) is 2.58. The van der Waals surface area contributed by atoms with Crippen LogP contribution in [0.25, 0.3) is 0 Å². The Kier molecular flexibility index (Phi) is 3.74. The molecule has 1 aromatic heterocycles. The molecule has 7 heteroatoms. The highest BCUT2D eigenvalue weighted by Crippen LogP contribution is 2.20. The van der Waals surface area contributed by atoms with Crippen LogP contribution in [0.3, 0.4) is 0 Å². The number of benzene rings is 1. The largest absolute Gasteiger partial charge is 0.324 e. The third-order valence-electron chi connectivity index (χ3n) is 2.23. The molecule has 0 spiro atoms. The van der Waals surface area contributed by atoms with Crippen molar-refractivity contribution < 1.29 is 8.42 Å². The molecule has 2 aromatic rings. The fourth-order valence-corrected chi connectivity index (χ4v) is 3.21. The number of nitrogens with two attached hydrogens (primary N) is 1. The molecule has 0 aliphatic rings. The molecule has 18 heavy (non-hydrogen) atoms. The van der Waals surface area contributed by atoms with E-state index in [1.807, 2.05) is 0 Å². The molecule has 0 atom stereocenters. The molecule has 0 aliphatic carbocycles. The first-order valence-electron chi connectivity index (χ1n) is 5.07. The molecule has 0 radical (unpaired) electrons. The van der Waals surface area contributed by atoms with E-state index in [1.54, 1.807) is 18.2 Å². The maximum atomic E-state index is 12.3. The van der Waals surface area contributed by atoms with Gasteiger partial charge >= 0.3 is 0 Å². The summed E-state index contributed by atoms with van der Waals surface area (Å²) in [7, 11) is -3.63. The van der Waals surface area contributed by atoms with Crippen LogP contribution >= 0.6 is 15.9 Å². The van der Waals surface area contributed by atoms with Gasteiger partial charge in [0.05, 0.1) is 11.4 Å². The molecular weight excluding hydrogens is 318 g/mol. The second-order valence-corrected chi connectivity index (χ2v) is 6.17. The summed E-state index contributed by atoms with van der Waals surface area (Å²) in [6.45, 7) is 0.0801. The maximum Gasteiger partial charge on any atom is 0.224 e. The highest BCUT2D eigenvalue weighted by molar-refractivity contribution is 9.10. The summed E-state index contributed by atoms with van der Waals surface area (Å²) in [4.78, 5) is 8.11. The number of hydrogen-bond donors (Lipinski definition) is 1. The molecule has 5 nitrogen and oxygen atoms in total. The van der Waals surface area contributed by atoms with E-state index in [0.717, 1.165) is 0 Å². The van der Waals surface area contributed by atoms with Crippen LogP contribution in [0.4, 0.5) is 0 Å². The third-order valence-corrected chi connectivity index (χ3v) is 4.29. The summed E-state index contributed by atoms with van der Waals surface area (Å²) in [5.41, 5.74) is 5.43. The van der Waals surface area contributed by atoms with Crippen LogP contribution in [0, 0.1) is 0 Å². The molecule has 0 amide bonds. The van der Waals surface area contributed by atoms with E-state index in [1.165, 1.54) is 18.2 Å². The summed E-state index contributed by atoms with van der Waals surface area (Å²) in [5.74, 6) is 0.277. The Labute approximate surface area is 113 Å². The summed E-state index contributed by atoms with van der Waals surface area (Å²) in [6, 6.07) is 9.47. The molecular formula is C11H10BrN3O2S. The Morgan fingerprint density at radius 1 is 1.17 bits per heavy atom. The molecule has 2 rings (SSSR count).